The van der Waals surface area contributed by atoms with Gasteiger partial charge in [-0.15, -0.1) is 0 Å². The molecule has 0 fully saturated rings. The molecule has 126 heavy (non-hydrogen) atoms. The van der Waals surface area contributed by atoms with Crippen molar-refractivity contribution in [3.8, 4) is 102 Å². The Bertz CT molecular complexity index is 8140. The minimum Gasteiger partial charge on any atom is -0.378 e. The number of hydrogen-bond acceptors (Lipinski definition) is 12. The van der Waals surface area contributed by atoms with E-state index in [9.17, 15) is 0 Å². The first-order valence-electron chi connectivity index (χ1n) is 44.2. The summed E-state index contributed by atoms with van der Waals surface area (Å²) in [6.45, 7) is 26.9. The highest BCUT2D eigenvalue weighted by atomic mass is 15.0. The summed E-state index contributed by atoms with van der Waals surface area (Å²) in [5.41, 5.74) is 44.1. The van der Waals surface area contributed by atoms with E-state index in [2.05, 4.69) is 315 Å². The van der Waals surface area contributed by atoms with Crippen LogP contribution >= 0.6 is 0 Å². The maximum atomic E-state index is 5.38. The standard InChI is InChI=1S/C105H89N21/c1-46(2)52-13-58-25-64(16-52)97-115-85-40-91-92(41-86(85)116-97)122-103(121-91)70-22-56(50(9)10)21-69(29-70)102-111-81-36-63-33-75(108-78(63)39-84(81)114-102)60-15-54(48(5)6)18-66(27-60)99-119-89-44-95-96(45-90(89)120-99)126-105(125-95)72-24-57(51(11)12)23-71(30-72)104-123-93-42-87-88(43-94(93)124-104)118-98(117-87)65-17-53(47(3)4)14-59(26-65)74-32-62-35-80-83(38-77(62)107-74)113-101(110-80)68-20-55(49(7)8)19-67(28-68)100-109-79-34-61-31-73(58)106-76(61)37-82(79)112-100/h13-30,34-51,74,107H,31-33H2,1-12H3,(H,109,112)(H,110,113)(H,111,114)(H,115,116)(H,117,118)(H,119,120)(H,121,122)(H,123,124)(H,125,126). The molecule has 9 aromatic heterocycles. The lowest BCUT2D eigenvalue weighted by Gasteiger charge is -2.16. The zero-order chi connectivity index (χ0) is 84.8. The number of anilines is 1. The third-order valence-electron chi connectivity index (χ3n) is 26.6. The third-order valence-corrected chi connectivity index (χ3v) is 26.6. The van der Waals surface area contributed by atoms with Crippen LogP contribution in [-0.2, 0) is 19.3 Å². The first-order chi connectivity index (χ1) is 61.0. The van der Waals surface area contributed by atoms with Gasteiger partial charge >= 0.3 is 0 Å². The number of nitrogens with zero attached hydrogens (tertiary/aromatic N) is 11. The summed E-state index contributed by atoms with van der Waals surface area (Å²) in [5, 5.41) is 3.94. The van der Waals surface area contributed by atoms with Crippen molar-refractivity contribution in [2.24, 2.45) is 9.98 Å². The third kappa shape index (κ3) is 12.3. The summed E-state index contributed by atoms with van der Waals surface area (Å²) in [4.78, 5) is 91.9. The molecule has 614 valence electrons. The number of aromatic nitrogens is 18. The van der Waals surface area contributed by atoms with Gasteiger partial charge in [0.2, 0.25) is 0 Å². The second kappa shape index (κ2) is 27.3. The highest BCUT2D eigenvalue weighted by Crippen LogP contribution is 2.45. The van der Waals surface area contributed by atoms with Crippen molar-refractivity contribution in [1.29, 1.82) is 0 Å². The van der Waals surface area contributed by atoms with Crippen molar-refractivity contribution in [2.45, 2.75) is 144 Å². The average molecular weight is 1650 g/mol. The van der Waals surface area contributed by atoms with E-state index < -0.39 is 0 Å². The van der Waals surface area contributed by atoms with Crippen LogP contribution in [0.3, 0.4) is 0 Å². The van der Waals surface area contributed by atoms with Crippen LogP contribution < -0.4 is 5.32 Å². The van der Waals surface area contributed by atoms with Crippen LogP contribution in [0.4, 0.5) is 17.1 Å². The van der Waals surface area contributed by atoms with Crippen LogP contribution in [0.15, 0.2) is 192 Å². The van der Waals surface area contributed by atoms with E-state index >= 15 is 0 Å². The Morgan fingerprint density at radius 2 is 0.452 bits per heavy atom. The molecule has 30 heterocycles. The first-order valence-corrected chi connectivity index (χ1v) is 44.2. The van der Waals surface area contributed by atoms with Crippen LogP contribution in [0.2, 0.25) is 0 Å². The van der Waals surface area contributed by atoms with E-state index in [-0.39, 0.29) is 41.5 Å². The number of aromatic amines is 9. The van der Waals surface area contributed by atoms with Gasteiger partial charge in [0.1, 0.15) is 52.4 Å². The molecule has 0 amide bonds. The van der Waals surface area contributed by atoms with Gasteiger partial charge in [-0.1, -0.05) is 89.2 Å². The summed E-state index contributed by atoms with van der Waals surface area (Å²) in [5.74, 6) is 8.65. The van der Waals surface area contributed by atoms with Crippen molar-refractivity contribution in [2.75, 3.05) is 5.32 Å². The van der Waals surface area contributed by atoms with Crippen LogP contribution in [0.5, 0.6) is 0 Å². The molecule has 21 aliphatic rings. The minimum absolute atomic E-state index is 0.0409. The summed E-state index contributed by atoms with van der Waals surface area (Å²) < 4.78 is 0. The fourth-order valence-corrected chi connectivity index (χ4v) is 19.3. The van der Waals surface area contributed by atoms with Crippen LogP contribution in [0.25, 0.3) is 202 Å². The van der Waals surface area contributed by atoms with Crippen molar-refractivity contribution in [3.05, 3.63) is 249 Å². The van der Waals surface area contributed by atoms with Crippen molar-refractivity contribution >= 4 is 128 Å². The lowest BCUT2D eigenvalue weighted by molar-refractivity contribution is 0.809. The average Bonchev–Trinajstić information content (AvgIpc) is 1.61. The zero-order valence-corrected chi connectivity index (χ0v) is 71.9. The van der Waals surface area contributed by atoms with Crippen molar-refractivity contribution in [1.82, 2.24) is 89.7 Å². The summed E-state index contributed by atoms with van der Waals surface area (Å²) in [6, 6.07) is 66.5. The molecule has 48 bridgehead atoms. The quantitative estimate of drug-likeness (QED) is 0.0751. The molecular weight excluding hydrogens is 1560 g/mol. The first kappa shape index (κ1) is 73.7. The smallest absolute Gasteiger partial charge is 0.138 e. The van der Waals surface area contributed by atoms with Crippen LogP contribution in [-0.4, -0.2) is 101 Å². The topological polar surface area (TPSA) is 295 Å². The SMILES string of the molecule is CC(C)c1cc2cc(c1)-c1nc3cc4[nH]c(nc4cc3[nH]1)-c1cc(cc(C(C)C)c1)-c1nc3cc4c(cc3[nH]1)N=C(C4)c1cc(cc(C(C)C)c1)-c1nc3cc4[nH]c(nc4cc3[nH]1)-c1cc(cc(C(C)C)c1)-c1nc3cc4[nH]c(nc4cc3[nH]1)-c1cc(C(C)C)cc(c1)C1Cc3cc4[nH]c(nc4cc3N1)-c1cc(cc(C(C)C)c1)-c1nc3cc4c(cc3[nH]1)N=C2C4. The molecule has 0 spiro atoms. The van der Waals surface area contributed by atoms with E-state index in [1.807, 2.05) is 0 Å². The van der Waals surface area contributed by atoms with E-state index in [0.29, 0.717) is 12.8 Å². The van der Waals surface area contributed by atoms with Crippen molar-refractivity contribution < 1.29 is 0 Å². The number of hydrogen-bond donors (Lipinski definition) is 10. The van der Waals surface area contributed by atoms with E-state index in [1.54, 1.807) is 0 Å². The molecular formula is C105H89N21. The van der Waals surface area contributed by atoms with Gasteiger partial charge in [0.05, 0.1) is 128 Å². The molecule has 1 unspecified atom stereocenters. The molecule has 0 saturated carbocycles. The second-order valence-electron chi connectivity index (χ2n) is 37.4. The maximum Gasteiger partial charge on any atom is 0.138 e. The molecule has 21 aliphatic heterocycles. The normalized spacial score (nSPS) is 14.3. The number of nitrogens with one attached hydrogen (secondary N) is 10. The Morgan fingerprint density at radius 3 is 0.738 bits per heavy atom. The molecule has 1 atom stereocenters. The Hall–Kier alpha value is -15.0. The van der Waals surface area contributed by atoms with Gasteiger partial charge in [0.25, 0.3) is 0 Å². The van der Waals surface area contributed by atoms with E-state index in [4.69, 9.17) is 54.8 Å². The predicted octanol–water partition coefficient (Wildman–Crippen LogP) is 25.7. The monoisotopic (exact) mass is 1640 g/mol. The molecule has 21 heteroatoms. The zero-order valence-electron chi connectivity index (χ0n) is 71.9. The fourth-order valence-electron chi connectivity index (χ4n) is 19.3. The molecule has 10 N–H and O–H groups in total. The number of benzene rings is 12. The maximum absolute atomic E-state index is 5.38. The van der Waals surface area contributed by atoms with Crippen LogP contribution in [0.1, 0.15) is 191 Å². The lowest BCUT2D eigenvalue weighted by atomic mass is 9.93. The van der Waals surface area contributed by atoms with Crippen LogP contribution in [0, 0.1) is 0 Å². The minimum atomic E-state index is 0.0409. The largest absolute Gasteiger partial charge is 0.378 e. The Balaban J connectivity index is 0.573. The number of H-pyrrole nitrogens is 9. The fraction of sp³-hybridized carbons (Fsp3) is 0.210. The molecule has 0 aliphatic carbocycles. The Labute approximate surface area is 723 Å². The van der Waals surface area contributed by atoms with E-state index in [1.165, 1.54) is 44.5 Å². The highest BCUT2D eigenvalue weighted by molar-refractivity contribution is 6.10. The number of imidazole rings is 9. The van der Waals surface area contributed by atoms with Crippen molar-refractivity contribution in [3.63, 3.8) is 0 Å². The molecule has 0 radical (unpaired) electrons. The van der Waals surface area contributed by atoms with E-state index in [0.717, 1.165) is 259 Å². The number of aliphatic imine (C=N–C) groups is 2. The van der Waals surface area contributed by atoms with Gasteiger partial charge in [-0.05, 0) is 285 Å². The van der Waals surface area contributed by atoms with Gasteiger partial charge in [-0.3, -0.25) is 9.98 Å². The molecule has 21 nitrogen and oxygen atoms in total. The summed E-state index contributed by atoms with van der Waals surface area (Å²) in [6.07, 6.45) is 2.16. The molecule has 12 aromatic carbocycles. The van der Waals surface area contributed by atoms with Gasteiger partial charge in [0, 0.05) is 68.6 Å². The molecule has 21 aromatic rings. The highest BCUT2D eigenvalue weighted by Gasteiger charge is 2.30. The lowest BCUT2D eigenvalue weighted by Crippen LogP contribution is -2.07. The Morgan fingerprint density at radius 1 is 0.222 bits per heavy atom. The number of rotatable bonds is 6. The van der Waals surface area contributed by atoms with Gasteiger partial charge < -0.3 is 50.2 Å². The predicted molar refractivity (Wildman–Crippen MR) is 510 cm³/mol. The van der Waals surface area contributed by atoms with Gasteiger partial charge in [-0.25, -0.2) is 44.9 Å². The molecule has 42 rings (SSSR count). The second-order valence-corrected chi connectivity index (χ2v) is 37.4. The summed E-state index contributed by atoms with van der Waals surface area (Å²) in [7, 11) is 0. The summed E-state index contributed by atoms with van der Waals surface area (Å²) >= 11 is 0. The van der Waals surface area contributed by atoms with Gasteiger partial charge in [0.15, 0.2) is 0 Å². The van der Waals surface area contributed by atoms with Gasteiger partial charge in [-0.2, -0.15) is 0 Å². The molecule has 0 saturated heterocycles. The Kier molecular flexibility index (Phi) is 15.9.